The minimum absolute atomic E-state index is 0.234. The van der Waals surface area contributed by atoms with Gasteiger partial charge in [0.2, 0.25) is 0 Å². The fourth-order valence-corrected chi connectivity index (χ4v) is 2.31. The Bertz CT molecular complexity index is 639. The van der Waals surface area contributed by atoms with E-state index in [0.717, 1.165) is 16.5 Å². The molecule has 0 aliphatic rings. The summed E-state index contributed by atoms with van der Waals surface area (Å²) in [6.45, 7) is 4.73. The number of fused-ring (bicyclic) bond motifs is 1. The van der Waals surface area contributed by atoms with Crippen LogP contribution in [-0.4, -0.2) is 30.6 Å². The fraction of sp³-hybridized carbons (Fsp3) is 0.353. The predicted molar refractivity (Wildman–Crippen MR) is 85.2 cm³/mol. The molecule has 4 nitrogen and oxygen atoms in total. The number of para-hydroxylation sites is 1. The van der Waals surface area contributed by atoms with Gasteiger partial charge in [-0.1, -0.05) is 29.8 Å². The summed E-state index contributed by atoms with van der Waals surface area (Å²) in [5.41, 5.74) is 3.42. The van der Waals surface area contributed by atoms with Crippen LogP contribution in [0.15, 0.2) is 42.1 Å². The molecule has 0 unspecified atom stereocenters. The maximum absolute atomic E-state index is 11.9. The number of carbonyl (C=O) groups is 1. The van der Waals surface area contributed by atoms with E-state index >= 15 is 0 Å². The van der Waals surface area contributed by atoms with Crippen LogP contribution in [-0.2, 0) is 16.0 Å². The Hall–Kier alpha value is -2.07. The van der Waals surface area contributed by atoms with Crippen molar-refractivity contribution < 1.29 is 9.53 Å². The minimum atomic E-state index is -0.343. The number of aromatic amines is 1. The molecular formula is C17H22N2O2. The minimum Gasteiger partial charge on any atom is -0.468 e. The van der Waals surface area contributed by atoms with Gasteiger partial charge in [0.15, 0.2) is 0 Å². The molecule has 0 spiro atoms. The molecule has 0 aliphatic carbocycles. The van der Waals surface area contributed by atoms with Crippen LogP contribution >= 0.6 is 0 Å². The zero-order valence-electron chi connectivity index (χ0n) is 12.8. The van der Waals surface area contributed by atoms with E-state index < -0.39 is 0 Å². The van der Waals surface area contributed by atoms with E-state index in [1.54, 1.807) is 0 Å². The third-order valence-corrected chi connectivity index (χ3v) is 3.46. The molecule has 1 heterocycles. The first kappa shape index (κ1) is 15.3. The molecule has 0 saturated heterocycles. The lowest BCUT2D eigenvalue weighted by molar-refractivity contribution is -0.143. The molecule has 21 heavy (non-hydrogen) atoms. The third-order valence-electron chi connectivity index (χ3n) is 3.46. The van der Waals surface area contributed by atoms with Gasteiger partial charge in [-0.15, -0.1) is 0 Å². The first-order valence-electron chi connectivity index (χ1n) is 7.11. The number of methoxy groups -OCH3 is 1. The van der Waals surface area contributed by atoms with Crippen molar-refractivity contribution in [1.82, 2.24) is 10.3 Å². The average molecular weight is 286 g/mol. The highest BCUT2D eigenvalue weighted by molar-refractivity contribution is 5.84. The number of allylic oxidation sites excluding steroid dienone is 1. The Kier molecular flexibility index (Phi) is 5.17. The largest absolute Gasteiger partial charge is 0.468 e. The van der Waals surface area contributed by atoms with E-state index in [1.165, 1.54) is 12.7 Å². The van der Waals surface area contributed by atoms with Crippen LogP contribution in [0.1, 0.15) is 19.4 Å². The molecule has 2 aromatic rings. The average Bonchev–Trinajstić information content (AvgIpc) is 2.88. The summed E-state index contributed by atoms with van der Waals surface area (Å²) in [5, 5.41) is 4.39. The number of esters is 1. The molecular weight excluding hydrogens is 264 g/mol. The Labute approximate surface area is 125 Å². The van der Waals surface area contributed by atoms with Gasteiger partial charge >= 0.3 is 5.97 Å². The third kappa shape index (κ3) is 3.95. The second-order valence-electron chi connectivity index (χ2n) is 5.33. The first-order valence-corrected chi connectivity index (χ1v) is 7.11. The van der Waals surface area contributed by atoms with Crippen molar-refractivity contribution in [3.8, 4) is 0 Å². The fourth-order valence-electron chi connectivity index (χ4n) is 2.31. The summed E-state index contributed by atoms with van der Waals surface area (Å²) in [6, 6.07) is 7.75. The highest BCUT2D eigenvalue weighted by atomic mass is 16.5. The summed E-state index contributed by atoms with van der Waals surface area (Å²) >= 11 is 0. The summed E-state index contributed by atoms with van der Waals surface area (Å²) < 4.78 is 4.90. The molecule has 1 atom stereocenters. The lowest BCUT2D eigenvalue weighted by atomic mass is 10.0. The number of rotatable bonds is 6. The Morgan fingerprint density at radius 2 is 2.14 bits per heavy atom. The molecule has 2 N–H and O–H groups in total. The summed E-state index contributed by atoms with van der Waals surface area (Å²) in [5.74, 6) is -0.234. The number of hydrogen-bond acceptors (Lipinski definition) is 3. The van der Waals surface area contributed by atoms with Crippen molar-refractivity contribution in [2.75, 3.05) is 13.7 Å². The molecule has 4 heteroatoms. The van der Waals surface area contributed by atoms with Crippen LogP contribution in [0.25, 0.3) is 10.9 Å². The number of carbonyl (C=O) groups excluding carboxylic acids is 1. The highest BCUT2D eigenvalue weighted by Gasteiger charge is 2.20. The maximum atomic E-state index is 11.9. The lowest BCUT2D eigenvalue weighted by Crippen LogP contribution is -2.39. The number of hydrogen-bond donors (Lipinski definition) is 2. The highest BCUT2D eigenvalue weighted by Crippen LogP contribution is 2.19. The van der Waals surface area contributed by atoms with E-state index in [2.05, 4.69) is 22.4 Å². The van der Waals surface area contributed by atoms with Crippen molar-refractivity contribution in [3.63, 3.8) is 0 Å². The monoisotopic (exact) mass is 286 g/mol. The number of benzene rings is 1. The number of nitrogens with one attached hydrogen (secondary N) is 2. The lowest BCUT2D eigenvalue weighted by Gasteiger charge is -2.15. The second-order valence-corrected chi connectivity index (χ2v) is 5.33. The van der Waals surface area contributed by atoms with E-state index in [9.17, 15) is 4.79 Å². The Morgan fingerprint density at radius 1 is 1.38 bits per heavy atom. The zero-order chi connectivity index (χ0) is 15.2. The van der Waals surface area contributed by atoms with E-state index in [4.69, 9.17) is 4.74 Å². The van der Waals surface area contributed by atoms with E-state index in [1.807, 2.05) is 38.2 Å². The second kappa shape index (κ2) is 7.09. The molecule has 1 aromatic carbocycles. The maximum Gasteiger partial charge on any atom is 0.323 e. The topological polar surface area (TPSA) is 54.1 Å². The molecule has 0 aliphatic heterocycles. The number of H-pyrrole nitrogens is 1. The molecule has 2 rings (SSSR count). The van der Waals surface area contributed by atoms with Crippen LogP contribution in [0.5, 0.6) is 0 Å². The van der Waals surface area contributed by atoms with Gasteiger partial charge in [-0.2, -0.15) is 0 Å². The van der Waals surface area contributed by atoms with Crippen molar-refractivity contribution in [1.29, 1.82) is 0 Å². The SMILES string of the molecule is COC(=O)[C@@H](Cc1c[nH]c2ccccc12)NCC=C(C)C. The van der Waals surface area contributed by atoms with Crippen molar-refractivity contribution in [3.05, 3.63) is 47.7 Å². The zero-order valence-corrected chi connectivity index (χ0v) is 12.8. The van der Waals surface area contributed by atoms with Crippen molar-refractivity contribution in [2.45, 2.75) is 26.3 Å². The van der Waals surface area contributed by atoms with E-state index in [0.29, 0.717) is 13.0 Å². The van der Waals surface area contributed by atoms with Gasteiger partial charge in [-0.3, -0.25) is 4.79 Å². The number of ether oxygens (including phenoxy) is 1. The molecule has 0 bridgehead atoms. The number of aromatic nitrogens is 1. The van der Waals surface area contributed by atoms with Crippen molar-refractivity contribution >= 4 is 16.9 Å². The predicted octanol–water partition coefficient (Wildman–Crippen LogP) is 2.81. The van der Waals surface area contributed by atoms with Gasteiger partial charge in [0.1, 0.15) is 6.04 Å². The Balaban J connectivity index is 2.14. The molecule has 0 radical (unpaired) electrons. The van der Waals surface area contributed by atoms with Crippen molar-refractivity contribution in [2.24, 2.45) is 0 Å². The molecule has 0 saturated carbocycles. The summed E-state index contributed by atoms with van der Waals surface area (Å²) in [4.78, 5) is 15.2. The van der Waals surface area contributed by atoms with Crippen LogP contribution in [0.4, 0.5) is 0 Å². The van der Waals surface area contributed by atoms with Crippen LogP contribution < -0.4 is 5.32 Å². The Morgan fingerprint density at radius 3 is 2.86 bits per heavy atom. The quantitative estimate of drug-likeness (QED) is 0.634. The molecule has 0 amide bonds. The van der Waals surface area contributed by atoms with Gasteiger partial charge in [-0.25, -0.2) is 0 Å². The van der Waals surface area contributed by atoms with Gasteiger partial charge in [-0.05, 0) is 25.5 Å². The van der Waals surface area contributed by atoms with Crippen LogP contribution in [0.3, 0.4) is 0 Å². The van der Waals surface area contributed by atoms with Gasteiger partial charge < -0.3 is 15.0 Å². The van der Waals surface area contributed by atoms with Crippen LogP contribution in [0.2, 0.25) is 0 Å². The van der Waals surface area contributed by atoms with Crippen LogP contribution in [0, 0.1) is 0 Å². The summed E-state index contributed by atoms with van der Waals surface area (Å²) in [7, 11) is 1.42. The molecule has 112 valence electrons. The van der Waals surface area contributed by atoms with E-state index in [-0.39, 0.29) is 12.0 Å². The molecule has 0 fully saturated rings. The first-order chi connectivity index (χ1) is 10.1. The molecule has 1 aromatic heterocycles. The standard InChI is InChI=1S/C17H22N2O2/c1-12(2)8-9-18-16(17(20)21-3)10-13-11-19-15-7-5-4-6-14(13)15/h4-8,11,16,18-19H,9-10H2,1-3H3/t16-/m1/s1. The van der Waals surface area contributed by atoms with Gasteiger partial charge in [0.05, 0.1) is 7.11 Å². The normalized spacial score (nSPS) is 12.1. The van der Waals surface area contributed by atoms with Gasteiger partial charge in [0, 0.05) is 30.1 Å². The van der Waals surface area contributed by atoms with Gasteiger partial charge in [0.25, 0.3) is 0 Å². The smallest absolute Gasteiger partial charge is 0.323 e. The summed E-state index contributed by atoms with van der Waals surface area (Å²) in [6.07, 6.45) is 4.63.